The molecule has 0 aromatic heterocycles. The largest absolute Gasteiger partial charge is 0.382 e. The van der Waals surface area contributed by atoms with Crippen molar-refractivity contribution in [1.82, 2.24) is 0 Å². The lowest BCUT2D eigenvalue weighted by Gasteiger charge is -2.32. The lowest BCUT2D eigenvalue weighted by molar-refractivity contribution is 0.492. The number of aryl methyl sites for hydroxylation is 1. The third-order valence-corrected chi connectivity index (χ3v) is 4.74. The van der Waals surface area contributed by atoms with Gasteiger partial charge in [-0.05, 0) is 62.3 Å². The molecule has 1 aromatic carbocycles. The fourth-order valence-electron chi connectivity index (χ4n) is 3.62. The highest BCUT2D eigenvalue weighted by Crippen LogP contribution is 2.34. The van der Waals surface area contributed by atoms with Gasteiger partial charge in [0.05, 0.1) is 0 Å². The molecule has 0 aliphatic carbocycles. The van der Waals surface area contributed by atoms with Gasteiger partial charge in [0.25, 0.3) is 0 Å². The summed E-state index contributed by atoms with van der Waals surface area (Å²) in [5.74, 6) is 0.747. The first kappa shape index (κ1) is 12.8. The Bertz CT molecular complexity index is 453. The summed E-state index contributed by atoms with van der Waals surface area (Å²) in [7, 11) is 0. The second kappa shape index (κ2) is 5.07. The Kier molecular flexibility index (Phi) is 3.42. The molecule has 2 nitrogen and oxygen atoms in total. The van der Waals surface area contributed by atoms with Gasteiger partial charge in [-0.15, -0.1) is 0 Å². The van der Waals surface area contributed by atoms with Gasteiger partial charge in [-0.2, -0.15) is 0 Å². The monoisotopic (exact) mass is 258 g/mol. The van der Waals surface area contributed by atoms with Crippen molar-refractivity contribution in [2.75, 3.05) is 16.8 Å². The number of anilines is 2. The van der Waals surface area contributed by atoms with Crippen LogP contribution in [-0.2, 0) is 6.42 Å². The lowest BCUT2D eigenvalue weighted by Crippen LogP contribution is -2.33. The van der Waals surface area contributed by atoms with E-state index in [1.54, 1.807) is 0 Å². The van der Waals surface area contributed by atoms with E-state index in [4.69, 9.17) is 0 Å². The van der Waals surface area contributed by atoms with E-state index in [2.05, 4.69) is 49.2 Å². The molecule has 3 rings (SSSR count). The average Bonchev–Trinajstić information content (AvgIpc) is 2.87. The topological polar surface area (TPSA) is 15.3 Å². The third-order valence-electron chi connectivity index (χ3n) is 4.74. The molecule has 2 heteroatoms. The van der Waals surface area contributed by atoms with Crippen molar-refractivity contribution < 1.29 is 0 Å². The highest BCUT2D eigenvalue weighted by Gasteiger charge is 2.27. The van der Waals surface area contributed by atoms with Crippen LogP contribution in [0.5, 0.6) is 0 Å². The van der Waals surface area contributed by atoms with Crippen LogP contribution in [0.1, 0.15) is 45.6 Å². The number of benzene rings is 1. The Morgan fingerprint density at radius 2 is 2.11 bits per heavy atom. The summed E-state index contributed by atoms with van der Waals surface area (Å²) in [4.78, 5) is 2.63. The van der Waals surface area contributed by atoms with Gasteiger partial charge >= 0.3 is 0 Å². The molecule has 2 heterocycles. The number of nitrogens with zero attached hydrogens (tertiary/aromatic N) is 1. The first-order valence-electron chi connectivity index (χ1n) is 7.81. The SMILES string of the molecule is CC1CCc2cc(N3CCCC3C(C)C)ccc2N1. The van der Waals surface area contributed by atoms with Gasteiger partial charge in [0.15, 0.2) is 0 Å². The van der Waals surface area contributed by atoms with Crippen molar-refractivity contribution in [3.8, 4) is 0 Å². The van der Waals surface area contributed by atoms with E-state index < -0.39 is 0 Å². The fourth-order valence-corrected chi connectivity index (χ4v) is 3.62. The molecule has 1 saturated heterocycles. The molecule has 1 fully saturated rings. The lowest BCUT2D eigenvalue weighted by atomic mass is 9.97. The molecule has 0 saturated carbocycles. The molecular formula is C17H26N2. The van der Waals surface area contributed by atoms with Crippen LogP contribution in [-0.4, -0.2) is 18.6 Å². The smallest absolute Gasteiger partial charge is 0.0376 e. The molecule has 2 aliphatic heterocycles. The van der Waals surface area contributed by atoms with E-state index in [1.165, 1.54) is 49.2 Å². The van der Waals surface area contributed by atoms with Gasteiger partial charge in [-0.25, -0.2) is 0 Å². The zero-order valence-corrected chi connectivity index (χ0v) is 12.4. The number of rotatable bonds is 2. The molecule has 2 unspecified atom stereocenters. The first-order valence-corrected chi connectivity index (χ1v) is 7.81. The van der Waals surface area contributed by atoms with E-state index in [9.17, 15) is 0 Å². The van der Waals surface area contributed by atoms with E-state index in [-0.39, 0.29) is 0 Å². The molecule has 19 heavy (non-hydrogen) atoms. The maximum Gasteiger partial charge on any atom is 0.0376 e. The first-order chi connectivity index (χ1) is 9.15. The summed E-state index contributed by atoms with van der Waals surface area (Å²) in [5, 5.41) is 3.59. The zero-order valence-electron chi connectivity index (χ0n) is 12.4. The van der Waals surface area contributed by atoms with Crippen molar-refractivity contribution in [1.29, 1.82) is 0 Å². The summed E-state index contributed by atoms with van der Waals surface area (Å²) in [6.45, 7) is 8.20. The molecule has 0 bridgehead atoms. The number of fused-ring (bicyclic) bond motifs is 1. The molecule has 0 spiro atoms. The Morgan fingerprint density at radius 3 is 2.89 bits per heavy atom. The number of hydrogen-bond donors (Lipinski definition) is 1. The molecule has 1 N–H and O–H groups in total. The summed E-state index contributed by atoms with van der Waals surface area (Å²) in [5.41, 5.74) is 4.29. The van der Waals surface area contributed by atoms with E-state index in [1.807, 2.05) is 0 Å². The van der Waals surface area contributed by atoms with Gasteiger partial charge in [0.2, 0.25) is 0 Å². The summed E-state index contributed by atoms with van der Waals surface area (Å²) < 4.78 is 0. The van der Waals surface area contributed by atoms with E-state index in [0.29, 0.717) is 6.04 Å². The van der Waals surface area contributed by atoms with Crippen molar-refractivity contribution in [2.45, 2.75) is 58.5 Å². The molecule has 104 valence electrons. The Labute approximate surface area is 117 Å². The standard InChI is InChI=1S/C17H26N2/c1-12(2)17-5-4-10-19(17)15-8-9-16-14(11-15)7-6-13(3)18-16/h8-9,11-13,17-18H,4-7,10H2,1-3H3. The fraction of sp³-hybridized carbons (Fsp3) is 0.647. The molecule has 1 aromatic rings. The number of hydrogen-bond acceptors (Lipinski definition) is 2. The Balaban J connectivity index is 1.86. The third kappa shape index (κ3) is 2.45. The minimum atomic E-state index is 0.619. The maximum absolute atomic E-state index is 3.59. The van der Waals surface area contributed by atoms with Crippen LogP contribution in [0.3, 0.4) is 0 Å². The predicted octanol–water partition coefficient (Wildman–Crippen LogP) is 4.06. The summed E-state index contributed by atoms with van der Waals surface area (Å²) in [6.07, 6.45) is 5.17. The quantitative estimate of drug-likeness (QED) is 0.860. The highest BCUT2D eigenvalue weighted by atomic mass is 15.2. The van der Waals surface area contributed by atoms with Gasteiger partial charge in [0.1, 0.15) is 0 Å². The van der Waals surface area contributed by atoms with E-state index in [0.717, 1.165) is 12.0 Å². The molecular weight excluding hydrogens is 232 g/mol. The number of nitrogens with one attached hydrogen (secondary N) is 1. The van der Waals surface area contributed by atoms with Crippen LogP contribution >= 0.6 is 0 Å². The van der Waals surface area contributed by atoms with Crippen molar-refractivity contribution in [2.24, 2.45) is 5.92 Å². The van der Waals surface area contributed by atoms with Crippen LogP contribution in [0.25, 0.3) is 0 Å². The van der Waals surface area contributed by atoms with Gasteiger partial charge in [0, 0.05) is 30.0 Å². The normalized spacial score (nSPS) is 26.4. The minimum Gasteiger partial charge on any atom is -0.382 e. The highest BCUT2D eigenvalue weighted by molar-refractivity contribution is 5.62. The van der Waals surface area contributed by atoms with Crippen LogP contribution in [0.2, 0.25) is 0 Å². The van der Waals surface area contributed by atoms with Crippen molar-refractivity contribution in [3.05, 3.63) is 23.8 Å². The van der Waals surface area contributed by atoms with Crippen LogP contribution in [0.4, 0.5) is 11.4 Å². The molecule has 2 aliphatic rings. The van der Waals surface area contributed by atoms with Crippen LogP contribution in [0.15, 0.2) is 18.2 Å². The minimum absolute atomic E-state index is 0.619. The summed E-state index contributed by atoms with van der Waals surface area (Å²) >= 11 is 0. The maximum atomic E-state index is 3.59. The van der Waals surface area contributed by atoms with Crippen molar-refractivity contribution >= 4 is 11.4 Å². The van der Waals surface area contributed by atoms with Gasteiger partial charge in [-0.3, -0.25) is 0 Å². The molecule has 0 radical (unpaired) electrons. The Morgan fingerprint density at radius 1 is 1.26 bits per heavy atom. The van der Waals surface area contributed by atoms with E-state index >= 15 is 0 Å². The average molecular weight is 258 g/mol. The second-order valence-corrected chi connectivity index (χ2v) is 6.57. The predicted molar refractivity (Wildman–Crippen MR) is 83.1 cm³/mol. The van der Waals surface area contributed by atoms with Gasteiger partial charge < -0.3 is 10.2 Å². The zero-order chi connectivity index (χ0) is 13.4. The van der Waals surface area contributed by atoms with Crippen molar-refractivity contribution in [3.63, 3.8) is 0 Å². The molecule has 2 atom stereocenters. The van der Waals surface area contributed by atoms with Crippen LogP contribution < -0.4 is 10.2 Å². The van der Waals surface area contributed by atoms with Gasteiger partial charge in [-0.1, -0.05) is 13.8 Å². The molecule has 0 amide bonds. The second-order valence-electron chi connectivity index (χ2n) is 6.57. The summed E-state index contributed by atoms with van der Waals surface area (Å²) in [6, 6.07) is 8.37. The van der Waals surface area contributed by atoms with Crippen LogP contribution in [0, 0.1) is 5.92 Å². The Hall–Kier alpha value is -1.18.